The van der Waals surface area contributed by atoms with Crippen molar-refractivity contribution in [1.29, 1.82) is 0 Å². The van der Waals surface area contributed by atoms with Crippen LogP contribution in [0.3, 0.4) is 0 Å². The van der Waals surface area contributed by atoms with Gasteiger partial charge in [0.2, 0.25) is 0 Å². The minimum Gasteiger partial charge on any atom is -0.507 e. The third kappa shape index (κ3) is 3.61. The highest BCUT2D eigenvalue weighted by Gasteiger charge is 2.47. The molecular formula is C24H16ClF2NO4. The van der Waals surface area contributed by atoms with Gasteiger partial charge in [0.05, 0.1) is 23.7 Å². The molecule has 1 aliphatic rings. The molecule has 1 fully saturated rings. The molecule has 162 valence electrons. The fraction of sp³-hybridized carbons (Fsp3) is 0.0833. The quantitative estimate of drug-likeness (QED) is 0.331. The molecule has 0 saturated carbocycles. The molecule has 0 spiro atoms. The normalized spacial score (nSPS) is 17.6. The topological polar surface area (TPSA) is 66.8 Å². The van der Waals surface area contributed by atoms with Crippen LogP contribution in [-0.4, -0.2) is 23.9 Å². The van der Waals surface area contributed by atoms with Crippen LogP contribution in [0.5, 0.6) is 5.75 Å². The maximum absolute atomic E-state index is 14.0. The van der Waals surface area contributed by atoms with Gasteiger partial charge >= 0.3 is 0 Å². The van der Waals surface area contributed by atoms with Crippen LogP contribution in [0.2, 0.25) is 5.02 Å². The second-order valence-electron chi connectivity index (χ2n) is 7.02. The SMILES string of the molecule is COc1ccc(Cl)c(/C(O)=C2\C(=O)C(=O)N(c3ccc(F)c(F)c3)C2c2ccccc2)c1. The summed E-state index contributed by atoms with van der Waals surface area (Å²) >= 11 is 6.25. The predicted octanol–water partition coefficient (Wildman–Crippen LogP) is 5.25. The zero-order chi connectivity index (χ0) is 23.0. The molecule has 8 heteroatoms. The number of ketones is 1. The second kappa shape index (κ2) is 8.43. The van der Waals surface area contributed by atoms with Crippen molar-refractivity contribution >= 4 is 34.7 Å². The number of rotatable bonds is 4. The van der Waals surface area contributed by atoms with Crippen LogP contribution < -0.4 is 9.64 Å². The number of hydrogen-bond acceptors (Lipinski definition) is 4. The molecular weight excluding hydrogens is 440 g/mol. The maximum Gasteiger partial charge on any atom is 0.300 e. The Balaban J connectivity index is 1.97. The summed E-state index contributed by atoms with van der Waals surface area (Å²) in [4.78, 5) is 27.1. The molecule has 0 aliphatic carbocycles. The van der Waals surface area contributed by atoms with E-state index < -0.39 is 35.1 Å². The summed E-state index contributed by atoms with van der Waals surface area (Å²) in [6.45, 7) is 0. The van der Waals surface area contributed by atoms with Crippen LogP contribution in [0.1, 0.15) is 17.2 Å². The lowest BCUT2D eigenvalue weighted by Gasteiger charge is -2.25. The standard InChI is InChI=1S/C24H16ClF2NO4/c1-32-15-8-9-17(25)16(12-15)22(29)20-21(13-5-3-2-4-6-13)28(24(31)23(20)30)14-7-10-18(26)19(27)11-14/h2-12,21,29H,1H3/b22-20+. The van der Waals surface area contributed by atoms with E-state index in [1.807, 2.05) is 0 Å². The molecule has 0 bridgehead atoms. The smallest absolute Gasteiger partial charge is 0.300 e. The van der Waals surface area contributed by atoms with Gasteiger partial charge in [-0.1, -0.05) is 41.9 Å². The van der Waals surface area contributed by atoms with Crippen molar-refractivity contribution in [2.75, 3.05) is 12.0 Å². The van der Waals surface area contributed by atoms with E-state index in [1.165, 1.54) is 25.3 Å². The zero-order valence-corrected chi connectivity index (χ0v) is 17.4. The molecule has 1 aliphatic heterocycles. The van der Waals surface area contributed by atoms with Crippen molar-refractivity contribution in [3.63, 3.8) is 0 Å². The Morgan fingerprint density at radius 2 is 1.72 bits per heavy atom. The minimum atomic E-state index is -1.17. The number of Topliss-reactive ketones (excluding diaryl/α,β-unsaturated/α-hetero) is 1. The Bertz CT molecular complexity index is 1260. The summed E-state index contributed by atoms with van der Waals surface area (Å²) in [6, 6.07) is 14.7. The van der Waals surface area contributed by atoms with Crippen molar-refractivity contribution in [2.24, 2.45) is 0 Å². The molecule has 3 aromatic rings. The van der Waals surface area contributed by atoms with Gasteiger partial charge in [0.25, 0.3) is 11.7 Å². The molecule has 1 saturated heterocycles. The maximum atomic E-state index is 14.0. The highest BCUT2D eigenvalue weighted by molar-refractivity contribution is 6.52. The summed E-state index contributed by atoms with van der Waals surface area (Å²) in [7, 11) is 1.43. The first-order chi connectivity index (χ1) is 15.3. The number of hydrogen-bond donors (Lipinski definition) is 1. The first kappa shape index (κ1) is 21.5. The summed E-state index contributed by atoms with van der Waals surface area (Å²) in [5.41, 5.74) is 0.309. The van der Waals surface area contributed by atoms with Crippen LogP contribution in [-0.2, 0) is 9.59 Å². The molecule has 0 aromatic heterocycles. The third-order valence-electron chi connectivity index (χ3n) is 5.17. The largest absolute Gasteiger partial charge is 0.507 e. The van der Waals surface area contributed by atoms with Crippen molar-refractivity contribution in [3.8, 4) is 5.75 Å². The van der Waals surface area contributed by atoms with Crippen molar-refractivity contribution in [1.82, 2.24) is 0 Å². The number of benzene rings is 3. The number of methoxy groups -OCH3 is 1. The third-order valence-corrected chi connectivity index (χ3v) is 5.50. The van der Waals surface area contributed by atoms with E-state index in [1.54, 1.807) is 36.4 Å². The van der Waals surface area contributed by atoms with E-state index in [4.69, 9.17) is 16.3 Å². The first-order valence-electron chi connectivity index (χ1n) is 9.48. The molecule has 1 heterocycles. The van der Waals surface area contributed by atoms with Gasteiger partial charge in [-0.15, -0.1) is 0 Å². The number of nitrogens with zero attached hydrogens (tertiary/aromatic N) is 1. The summed E-state index contributed by atoms with van der Waals surface area (Å²) in [5.74, 6) is -4.38. The number of aliphatic hydroxyl groups excluding tert-OH is 1. The average Bonchev–Trinajstić information content (AvgIpc) is 3.07. The van der Waals surface area contributed by atoms with Gasteiger partial charge in [0.15, 0.2) is 11.6 Å². The Hall–Kier alpha value is -3.71. The van der Waals surface area contributed by atoms with Crippen LogP contribution >= 0.6 is 11.6 Å². The van der Waals surface area contributed by atoms with Gasteiger partial charge in [-0.2, -0.15) is 0 Å². The van der Waals surface area contributed by atoms with Crippen molar-refractivity contribution in [2.45, 2.75) is 6.04 Å². The van der Waals surface area contributed by atoms with Crippen LogP contribution in [0, 0.1) is 11.6 Å². The molecule has 32 heavy (non-hydrogen) atoms. The van der Waals surface area contributed by atoms with E-state index in [-0.39, 0.29) is 21.8 Å². The molecule has 1 amide bonds. The van der Waals surface area contributed by atoms with Crippen molar-refractivity contribution < 1.29 is 28.2 Å². The van der Waals surface area contributed by atoms with E-state index in [0.29, 0.717) is 11.3 Å². The Morgan fingerprint density at radius 3 is 2.38 bits per heavy atom. The predicted molar refractivity (Wildman–Crippen MR) is 116 cm³/mol. The number of aliphatic hydroxyl groups is 1. The summed E-state index contributed by atoms with van der Waals surface area (Å²) < 4.78 is 32.6. The van der Waals surface area contributed by atoms with Gasteiger partial charge < -0.3 is 9.84 Å². The van der Waals surface area contributed by atoms with Gasteiger partial charge in [-0.25, -0.2) is 8.78 Å². The van der Waals surface area contributed by atoms with E-state index in [9.17, 15) is 23.5 Å². The summed E-state index contributed by atoms with van der Waals surface area (Å²) in [5, 5.41) is 11.2. The van der Waals surface area contributed by atoms with Gasteiger partial charge in [0.1, 0.15) is 11.5 Å². The average molecular weight is 456 g/mol. The number of amides is 1. The fourth-order valence-electron chi connectivity index (χ4n) is 3.64. The monoisotopic (exact) mass is 455 g/mol. The molecule has 5 nitrogen and oxygen atoms in total. The number of ether oxygens (including phenoxy) is 1. The number of carbonyl (C=O) groups is 2. The molecule has 0 radical (unpaired) electrons. The first-order valence-corrected chi connectivity index (χ1v) is 9.86. The Morgan fingerprint density at radius 1 is 1.00 bits per heavy atom. The molecule has 1 atom stereocenters. The zero-order valence-electron chi connectivity index (χ0n) is 16.7. The lowest BCUT2D eigenvalue weighted by atomic mass is 9.95. The highest BCUT2D eigenvalue weighted by atomic mass is 35.5. The van der Waals surface area contributed by atoms with Crippen LogP contribution in [0.4, 0.5) is 14.5 Å². The van der Waals surface area contributed by atoms with E-state index in [0.717, 1.165) is 17.0 Å². The lowest BCUT2D eigenvalue weighted by molar-refractivity contribution is -0.132. The van der Waals surface area contributed by atoms with Crippen LogP contribution in [0.15, 0.2) is 72.3 Å². The second-order valence-corrected chi connectivity index (χ2v) is 7.43. The number of carbonyl (C=O) groups excluding carboxylic acids is 2. The molecule has 1 N–H and O–H groups in total. The van der Waals surface area contributed by atoms with Gasteiger partial charge in [0, 0.05) is 17.3 Å². The van der Waals surface area contributed by atoms with Crippen molar-refractivity contribution in [3.05, 3.63) is 100 Å². The van der Waals surface area contributed by atoms with Gasteiger partial charge in [-0.05, 0) is 35.9 Å². The Kier molecular flexibility index (Phi) is 5.67. The fourth-order valence-corrected chi connectivity index (χ4v) is 3.85. The van der Waals surface area contributed by atoms with E-state index >= 15 is 0 Å². The van der Waals surface area contributed by atoms with Gasteiger partial charge in [-0.3, -0.25) is 14.5 Å². The summed E-state index contributed by atoms with van der Waals surface area (Å²) in [6.07, 6.45) is 0. The molecule has 3 aromatic carbocycles. The number of anilines is 1. The van der Waals surface area contributed by atoms with E-state index in [2.05, 4.69) is 0 Å². The van der Waals surface area contributed by atoms with Crippen LogP contribution in [0.25, 0.3) is 5.76 Å². The molecule has 4 rings (SSSR count). The minimum absolute atomic E-state index is 0.0318. The highest BCUT2D eigenvalue weighted by Crippen LogP contribution is 2.43. The Labute approximate surface area is 187 Å². The number of halogens is 3. The molecule has 1 unspecified atom stereocenters. The lowest BCUT2D eigenvalue weighted by Crippen LogP contribution is -2.29.